The molecule has 2 fully saturated rings. The molecule has 6 heteroatoms. The first kappa shape index (κ1) is 17.6. The summed E-state index contributed by atoms with van der Waals surface area (Å²) < 4.78 is 10.9. The Morgan fingerprint density at radius 1 is 1.25 bits per heavy atom. The Balaban J connectivity index is 1.78. The largest absolute Gasteiger partial charge is 0.463 e. The molecule has 24 heavy (non-hydrogen) atoms. The number of hydrogen-bond donors (Lipinski definition) is 0. The minimum atomic E-state index is -1.14. The second-order valence-corrected chi connectivity index (χ2v) is 7.36. The predicted molar refractivity (Wildman–Crippen MR) is 91.1 cm³/mol. The zero-order valence-corrected chi connectivity index (χ0v) is 15.0. The summed E-state index contributed by atoms with van der Waals surface area (Å²) in [5, 5.41) is 0.829. The molecule has 2 bridgehead atoms. The maximum absolute atomic E-state index is 12.5. The van der Waals surface area contributed by atoms with Crippen molar-refractivity contribution in [3.05, 3.63) is 33.8 Å². The highest BCUT2D eigenvalue weighted by Gasteiger charge is 2.59. The van der Waals surface area contributed by atoms with Crippen LogP contribution in [-0.2, 0) is 25.5 Å². The van der Waals surface area contributed by atoms with Gasteiger partial charge in [0.25, 0.3) is 0 Å². The molecular formula is C18H20Cl2O4. The first-order valence-electron chi connectivity index (χ1n) is 8.28. The topological polar surface area (TPSA) is 52.6 Å². The van der Waals surface area contributed by atoms with E-state index in [4.69, 9.17) is 32.7 Å². The normalized spacial score (nSPS) is 28.0. The lowest BCUT2D eigenvalue weighted by atomic mass is 9.84. The lowest BCUT2D eigenvalue weighted by Gasteiger charge is -2.34. The van der Waals surface area contributed by atoms with Gasteiger partial charge in [-0.3, -0.25) is 4.79 Å². The Morgan fingerprint density at radius 3 is 2.50 bits per heavy atom. The van der Waals surface area contributed by atoms with Crippen molar-refractivity contribution in [1.29, 1.82) is 0 Å². The molecule has 3 unspecified atom stereocenters. The van der Waals surface area contributed by atoms with E-state index in [2.05, 4.69) is 0 Å². The van der Waals surface area contributed by atoms with E-state index in [1.165, 1.54) is 0 Å². The van der Waals surface area contributed by atoms with E-state index in [0.717, 1.165) is 19.3 Å². The summed E-state index contributed by atoms with van der Waals surface area (Å²) in [7, 11) is 0. The van der Waals surface area contributed by atoms with Crippen LogP contribution < -0.4 is 0 Å². The van der Waals surface area contributed by atoms with Gasteiger partial charge in [0.2, 0.25) is 5.60 Å². The molecule has 2 aliphatic rings. The van der Waals surface area contributed by atoms with E-state index in [1.54, 1.807) is 25.1 Å². The summed E-state index contributed by atoms with van der Waals surface area (Å²) >= 11 is 12.2. The Morgan fingerprint density at radius 2 is 1.96 bits per heavy atom. The molecule has 0 spiro atoms. The van der Waals surface area contributed by atoms with Crippen molar-refractivity contribution >= 4 is 35.1 Å². The van der Waals surface area contributed by atoms with E-state index in [9.17, 15) is 9.59 Å². The molecule has 2 saturated carbocycles. The molecule has 0 aliphatic heterocycles. The zero-order valence-electron chi connectivity index (χ0n) is 13.5. The van der Waals surface area contributed by atoms with Crippen molar-refractivity contribution in [2.75, 3.05) is 6.61 Å². The summed E-state index contributed by atoms with van der Waals surface area (Å²) in [4.78, 5) is 25.0. The van der Waals surface area contributed by atoms with Gasteiger partial charge in [0.05, 0.1) is 13.0 Å². The van der Waals surface area contributed by atoms with Crippen LogP contribution in [0.2, 0.25) is 10.0 Å². The fraction of sp³-hybridized carbons (Fsp3) is 0.556. The van der Waals surface area contributed by atoms with Crippen LogP contribution in [0.3, 0.4) is 0 Å². The average molecular weight is 371 g/mol. The lowest BCUT2D eigenvalue weighted by Crippen LogP contribution is -2.49. The molecule has 0 heterocycles. The SMILES string of the molecule is CCOC(=O)C1(OC(=O)Cc2c(Cl)cccc2Cl)CC2CCC1C2. The first-order valence-corrected chi connectivity index (χ1v) is 9.03. The van der Waals surface area contributed by atoms with Gasteiger partial charge in [-0.1, -0.05) is 29.3 Å². The van der Waals surface area contributed by atoms with E-state index in [-0.39, 0.29) is 18.9 Å². The van der Waals surface area contributed by atoms with E-state index < -0.39 is 17.5 Å². The third kappa shape index (κ3) is 3.14. The number of carbonyl (C=O) groups is 2. The zero-order chi connectivity index (χ0) is 17.3. The second-order valence-electron chi connectivity index (χ2n) is 6.54. The Bertz CT molecular complexity index is 640. The molecular weight excluding hydrogens is 351 g/mol. The molecule has 3 atom stereocenters. The van der Waals surface area contributed by atoms with E-state index in [1.807, 2.05) is 0 Å². The highest BCUT2D eigenvalue weighted by atomic mass is 35.5. The molecule has 0 saturated heterocycles. The van der Waals surface area contributed by atoms with E-state index >= 15 is 0 Å². The molecule has 4 nitrogen and oxygen atoms in total. The molecule has 3 rings (SSSR count). The van der Waals surface area contributed by atoms with Crippen LogP contribution in [0.4, 0.5) is 0 Å². The third-order valence-corrected chi connectivity index (χ3v) is 5.80. The molecule has 1 aromatic rings. The number of esters is 2. The number of halogens is 2. The number of carbonyl (C=O) groups excluding carboxylic acids is 2. The van der Waals surface area contributed by atoms with Gasteiger partial charge in [-0.15, -0.1) is 0 Å². The van der Waals surface area contributed by atoms with Crippen LogP contribution in [-0.4, -0.2) is 24.1 Å². The molecule has 0 radical (unpaired) electrons. The summed E-state index contributed by atoms with van der Waals surface area (Å²) in [6.45, 7) is 2.02. The standard InChI is InChI=1S/C18H20Cl2O4/c1-2-23-17(22)18(10-11-6-7-12(18)8-11)24-16(21)9-13-14(19)4-3-5-15(13)20/h3-5,11-12H,2,6-10H2,1H3. The van der Waals surface area contributed by atoms with Gasteiger partial charge in [0.15, 0.2) is 0 Å². The summed E-state index contributed by atoms with van der Waals surface area (Å²) in [6, 6.07) is 5.07. The molecule has 0 amide bonds. The van der Waals surface area contributed by atoms with Crippen molar-refractivity contribution in [3.63, 3.8) is 0 Å². The van der Waals surface area contributed by atoms with Crippen LogP contribution in [0.15, 0.2) is 18.2 Å². The smallest absolute Gasteiger partial charge is 0.350 e. The maximum atomic E-state index is 12.5. The van der Waals surface area contributed by atoms with Crippen LogP contribution in [0, 0.1) is 11.8 Å². The Kier molecular flexibility index (Phi) is 5.07. The van der Waals surface area contributed by atoms with Crippen LogP contribution in [0.1, 0.15) is 38.2 Å². The van der Waals surface area contributed by atoms with Gasteiger partial charge in [-0.2, -0.15) is 0 Å². The van der Waals surface area contributed by atoms with Crippen LogP contribution >= 0.6 is 23.2 Å². The van der Waals surface area contributed by atoms with Crippen LogP contribution in [0.25, 0.3) is 0 Å². The Hall–Kier alpha value is -1.26. The fourth-order valence-corrected chi connectivity index (χ4v) is 4.57. The number of rotatable bonds is 5. The van der Waals surface area contributed by atoms with Gasteiger partial charge in [-0.05, 0) is 44.2 Å². The van der Waals surface area contributed by atoms with Crippen molar-refractivity contribution in [1.82, 2.24) is 0 Å². The molecule has 130 valence electrons. The van der Waals surface area contributed by atoms with Crippen molar-refractivity contribution in [2.45, 2.75) is 44.6 Å². The van der Waals surface area contributed by atoms with E-state index in [0.29, 0.717) is 27.9 Å². The highest BCUT2D eigenvalue weighted by molar-refractivity contribution is 6.36. The monoisotopic (exact) mass is 370 g/mol. The van der Waals surface area contributed by atoms with Gasteiger partial charge >= 0.3 is 11.9 Å². The van der Waals surface area contributed by atoms with Crippen molar-refractivity contribution < 1.29 is 19.1 Å². The minimum absolute atomic E-state index is 0.0483. The number of fused-ring (bicyclic) bond motifs is 2. The second kappa shape index (κ2) is 6.93. The van der Waals surface area contributed by atoms with Gasteiger partial charge < -0.3 is 9.47 Å². The van der Waals surface area contributed by atoms with Crippen molar-refractivity contribution in [3.8, 4) is 0 Å². The molecule has 0 aromatic heterocycles. The number of hydrogen-bond acceptors (Lipinski definition) is 4. The van der Waals surface area contributed by atoms with Crippen molar-refractivity contribution in [2.24, 2.45) is 11.8 Å². The number of benzene rings is 1. The summed E-state index contributed by atoms with van der Waals surface area (Å²) in [5.74, 6) is -0.440. The highest BCUT2D eigenvalue weighted by Crippen LogP contribution is 2.53. The number of ether oxygens (including phenoxy) is 2. The van der Waals surface area contributed by atoms with Gasteiger partial charge in [-0.25, -0.2) is 4.79 Å². The maximum Gasteiger partial charge on any atom is 0.350 e. The fourth-order valence-electron chi connectivity index (χ4n) is 4.03. The summed E-state index contributed by atoms with van der Waals surface area (Å²) in [5.41, 5.74) is -0.614. The van der Waals surface area contributed by atoms with Gasteiger partial charge in [0, 0.05) is 27.9 Å². The molecule has 0 N–H and O–H groups in total. The predicted octanol–water partition coefficient (Wildman–Crippen LogP) is 4.20. The first-order chi connectivity index (χ1) is 11.5. The lowest BCUT2D eigenvalue weighted by molar-refractivity contribution is -0.189. The summed E-state index contributed by atoms with van der Waals surface area (Å²) in [6.07, 6.45) is 3.39. The van der Waals surface area contributed by atoms with Crippen LogP contribution in [0.5, 0.6) is 0 Å². The molecule has 2 aliphatic carbocycles. The Labute approximate surface area is 151 Å². The van der Waals surface area contributed by atoms with Gasteiger partial charge in [0.1, 0.15) is 0 Å². The molecule has 1 aromatic carbocycles. The minimum Gasteiger partial charge on any atom is -0.463 e. The quantitative estimate of drug-likeness (QED) is 0.728. The third-order valence-electron chi connectivity index (χ3n) is 5.09. The average Bonchev–Trinajstić information content (AvgIpc) is 3.13.